The lowest BCUT2D eigenvalue weighted by atomic mass is 10.0. The molecule has 2 atom stereocenters. The number of rotatable bonds is 2. The summed E-state index contributed by atoms with van der Waals surface area (Å²) in [5, 5.41) is 2.39. The Hall–Kier alpha value is -0.940. The molecule has 1 rings (SSSR count). The van der Waals surface area contributed by atoms with Gasteiger partial charge in [-0.15, -0.1) is 0 Å². The van der Waals surface area contributed by atoms with Gasteiger partial charge in [-0.3, -0.25) is 0 Å². The summed E-state index contributed by atoms with van der Waals surface area (Å²) in [6.45, 7) is 4.68. The summed E-state index contributed by atoms with van der Waals surface area (Å²) >= 11 is 0. The maximum atomic E-state index is 12.1. The van der Waals surface area contributed by atoms with Crippen LogP contribution in [0.5, 0.6) is 0 Å². The van der Waals surface area contributed by atoms with E-state index in [4.69, 9.17) is 0 Å². The summed E-state index contributed by atoms with van der Waals surface area (Å²) in [6, 6.07) is -1.26. The van der Waals surface area contributed by atoms with Gasteiger partial charge in [-0.2, -0.15) is 13.2 Å². The number of nitrogens with one attached hydrogen (secondary N) is 1. The van der Waals surface area contributed by atoms with Gasteiger partial charge in [0.05, 0.1) is 6.42 Å². The molecule has 1 N–H and O–H groups in total. The Kier molecular flexibility index (Phi) is 4.65. The summed E-state index contributed by atoms with van der Waals surface area (Å²) in [5.74, 6) is 0.424. The molecule has 1 fully saturated rings. The van der Waals surface area contributed by atoms with Gasteiger partial charge in [0.2, 0.25) is 0 Å². The van der Waals surface area contributed by atoms with Crippen molar-refractivity contribution in [1.29, 1.82) is 0 Å². The van der Waals surface area contributed by atoms with Crippen molar-refractivity contribution in [3.8, 4) is 0 Å². The second-order valence-electron chi connectivity index (χ2n) is 4.86. The number of hydrogen-bond donors (Lipinski definition) is 1. The van der Waals surface area contributed by atoms with Gasteiger partial charge in [-0.05, 0) is 25.7 Å². The van der Waals surface area contributed by atoms with Crippen LogP contribution in [0.3, 0.4) is 0 Å². The van der Waals surface area contributed by atoms with Crippen molar-refractivity contribution in [2.45, 2.75) is 45.3 Å². The molecule has 0 aromatic heterocycles. The van der Waals surface area contributed by atoms with Crippen LogP contribution in [-0.2, 0) is 0 Å². The quantitative estimate of drug-likeness (QED) is 0.805. The fraction of sp³-hybridized carbons (Fsp3) is 0.909. The number of hydrogen-bond acceptors (Lipinski definition) is 1. The smallest absolute Gasteiger partial charge is 0.335 e. The van der Waals surface area contributed by atoms with Crippen LogP contribution in [-0.4, -0.2) is 36.2 Å². The van der Waals surface area contributed by atoms with Crippen molar-refractivity contribution in [1.82, 2.24) is 10.2 Å². The number of nitrogens with zero attached hydrogens (tertiary/aromatic N) is 1. The first-order chi connectivity index (χ1) is 7.78. The monoisotopic (exact) mass is 252 g/mol. The van der Waals surface area contributed by atoms with E-state index >= 15 is 0 Å². The number of piperidine rings is 1. The van der Waals surface area contributed by atoms with E-state index in [9.17, 15) is 18.0 Å². The zero-order chi connectivity index (χ0) is 13.1. The molecule has 1 aliphatic rings. The van der Waals surface area contributed by atoms with Gasteiger partial charge in [0.15, 0.2) is 0 Å². The predicted octanol–water partition coefficient (Wildman–Crippen LogP) is 2.77. The van der Waals surface area contributed by atoms with Crippen LogP contribution in [0, 0.1) is 5.92 Å². The zero-order valence-corrected chi connectivity index (χ0v) is 10.2. The van der Waals surface area contributed by atoms with Crippen LogP contribution < -0.4 is 5.32 Å². The largest absolute Gasteiger partial charge is 0.391 e. The highest BCUT2D eigenvalue weighted by molar-refractivity contribution is 5.74. The number of urea groups is 1. The van der Waals surface area contributed by atoms with Crippen LogP contribution in [0.4, 0.5) is 18.0 Å². The molecule has 0 radical (unpaired) electrons. The Morgan fingerprint density at radius 1 is 1.53 bits per heavy atom. The Morgan fingerprint density at radius 2 is 2.18 bits per heavy atom. The number of carbonyl (C=O) groups excluding carboxylic acids is 1. The van der Waals surface area contributed by atoms with E-state index in [0.29, 0.717) is 19.0 Å². The maximum Gasteiger partial charge on any atom is 0.391 e. The average molecular weight is 252 g/mol. The number of likely N-dealkylation sites (tertiary alicyclic amines) is 1. The van der Waals surface area contributed by atoms with Crippen molar-refractivity contribution in [3.05, 3.63) is 0 Å². The van der Waals surface area contributed by atoms with Crippen LogP contribution in [0.1, 0.15) is 33.1 Å². The molecule has 1 saturated heterocycles. The van der Waals surface area contributed by atoms with E-state index in [2.05, 4.69) is 5.32 Å². The lowest BCUT2D eigenvalue weighted by molar-refractivity contribution is -0.138. The van der Waals surface area contributed by atoms with E-state index in [1.807, 2.05) is 6.92 Å². The molecule has 2 amide bonds. The molecule has 0 aromatic rings. The van der Waals surface area contributed by atoms with Gasteiger partial charge in [-0.1, -0.05) is 6.92 Å². The first-order valence-electron chi connectivity index (χ1n) is 5.90. The molecule has 3 nitrogen and oxygen atoms in total. The molecule has 100 valence electrons. The van der Waals surface area contributed by atoms with E-state index in [0.717, 1.165) is 12.8 Å². The lowest BCUT2D eigenvalue weighted by Crippen LogP contribution is -2.48. The number of carbonyl (C=O) groups is 1. The molecule has 6 heteroatoms. The average Bonchev–Trinajstić information content (AvgIpc) is 2.14. The Bertz CT molecular complexity index is 268. The van der Waals surface area contributed by atoms with E-state index < -0.39 is 18.6 Å². The molecule has 0 aromatic carbocycles. The predicted molar refractivity (Wildman–Crippen MR) is 58.6 cm³/mol. The second-order valence-corrected chi connectivity index (χ2v) is 4.86. The number of amides is 2. The Balaban J connectivity index is 2.38. The van der Waals surface area contributed by atoms with Gasteiger partial charge < -0.3 is 10.2 Å². The van der Waals surface area contributed by atoms with Crippen molar-refractivity contribution >= 4 is 6.03 Å². The standard InChI is InChI=1S/C11H19F3N2O/c1-8-4-3-5-16(7-8)10(17)15-9(2)6-11(12,13)14/h8-9H,3-7H2,1-2H3,(H,15,17). The third-order valence-corrected chi connectivity index (χ3v) is 2.85. The van der Waals surface area contributed by atoms with Crippen molar-refractivity contribution < 1.29 is 18.0 Å². The highest BCUT2D eigenvalue weighted by Gasteiger charge is 2.31. The SMILES string of the molecule is CC1CCCN(C(=O)NC(C)CC(F)(F)F)C1. The first kappa shape index (κ1) is 14.1. The Labute approximate surface area is 99.4 Å². The molecule has 0 spiro atoms. The van der Waals surface area contributed by atoms with Gasteiger partial charge >= 0.3 is 12.2 Å². The third kappa shape index (κ3) is 5.28. The molecule has 1 heterocycles. The van der Waals surface area contributed by atoms with E-state index in [-0.39, 0.29) is 6.03 Å². The molecule has 0 aliphatic carbocycles. The van der Waals surface area contributed by atoms with E-state index in [1.165, 1.54) is 6.92 Å². The molecule has 2 unspecified atom stereocenters. The fourth-order valence-electron chi connectivity index (χ4n) is 2.07. The molecule has 1 aliphatic heterocycles. The molecule has 0 bridgehead atoms. The van der Waals surface area contributed by atoms with Gasteiger partial charge in [0.1, 0.15) is 0 Å². The van der Waals surface area contributed by atoms with Crippen molar-refractivity contribution in [2.75, 3.05) is 13.1 Å². The summed E-state index contributed by atoms with van der Waals surface area (Å²) in [4.78, 5) is 13.3. The second kappa shape index (κ2) is 5.60. The van der Waals surface area contributed by atoms with Gasteiger partial charge in [0.25, 0.3) is 0 Å². The Morgan fingerprint density at radius 3 is 2.71 bits per heavy atom. The highest BCUT2D eigenvalue weighted by Crippen LogP contribution is 2.21. The fourth-order valence-corrected chi connectivity index (χ4v) is 2.07. The molecular weight excluding hydrogens is 233 g/mol. The normalized spacial score (nSPS) is 23.4. The number of halogens is 3. The summed E-state index contributed by atoms with van der Waals surface area (Å²) in [6.07, 6.45) is -3.23. The van der Waals surface area contributed by atoms with Crippen LogP contribution in [0.15, 0.2) is 0 Å². The molecule has 17 heavy (non-hydrogen) atoms. The third-order valence-electron chi connectivity index (χ3n) is 2.85. The maximum absolute atomic E-state index is 12.1. The summed E-state index contributed by atoms with van der Waals surface area (Å²) in [5.41, 5.74) is 0. The van der Waals surface area contributed by atoms with Crippen molar-refractivity contribution in [2.24, 2.45) is 5.92 Å². The summed E-state index contributed by atoms with van der Waals surface area (Å²) in [7, 11) is 0. The minimum atomic E-state index is -4.23. The molecular formula is C11H19F3N2O. The topological polar surface area (TPSA) is 32.3 Å². The minimum absolute atomic E-state index is 0.381. The van der Waals surface area contributed by atoms with Gasteiger partial charge in [0, 0.05) is 19.1 Å². The van der Waals surface area contributed by atoms with E-state index in [1.54, 1.807) is 4.90 Å². The van der Waals surface area contributed by atoms with Gasteiger partial charge in [-0.25, -0.2) is 4.79 Å². The first-order valence-corrected chi connectivity index (χ1v) is 5.90. The van der Waals surface area contributed by atoms with Crippen LogP contribution >= 0.6 is 0 Å². The van der Waals surface area contributed by atoms with Crippen LogP contribution in [0.25, 0.3) is 0 Å². The summed E-state index contributed by atoms with van der Waals surface area (Å²) < 4.78 is 36.3. The molecule has 0 saturated carbocycles. The highest BCUT2D eigenvalue weighted by atomic mass is 19.4. The lowest BCUT2D eigenvalue weighted by Gasteiger charge is -2.32. The minimum Gasteiger partial charge on any atom is -0.335 e. The van der Waals surface area contributed by atoms with Crippen molar-refractivity contribution in [3.63, 3.8) is 0 Å². The zero-order valence-electron chi connectivity index (χ0n) is 10.2. The number of alkyl halides is 3. The van der Waals surface area contributed by atoms with Crippen LogP contribution in [0.2, 0.25) is 0 Å².